The number of aromatic nitrogens is 2. The number of anilines is 1. The van der Waals surface area contributed by atoms with Gasteiger partial charge >= 0.3 is 0 Å². The van der Waals surface area contributed by atoms with Gasteiger partial charge in [-0.1, -0.05) is 13.8 Å². The van der Waals surface area contributed by atoms with Gasteiger partial charge in [-0.3, -0.25) is 0 Å². The lowest BCUT2D eigenvalue weighted by Crippen LogP contribution is -2.28. The molecule has 1 rings (SSSR count). The minimum absolute atomic E-state index is 0.824. The van der Waals surface area contributed by atoms with Crippen LogP contribution in [0.15, 0.2) is 6.07 Å². The Hall–Kier alpha value is -1.16. The summed E-state index contributed by atoms with van der Waals surface area (Å²) in [4.78, 5) is 11.0. The molecule has 0 saturated heterocycles. The fraction of sp³-hybridized carbons (Fsp3) is 0.667. The summed E-state index contributed by atoms with van der Waals surface area (Å²) >= 11 is 0. The Morgan fingerprint density at radius 2 is 1.88 bits per heavy atom. The molecule has 1 aromatic rings. The molecule has 0 aliphatic rings. The van der Waals surface area contributed by atoms with E-state index in [9.17, 15) is 0 Å². The zero-order valence-corrected chi connectivity index (χ0v) is 10.7. The van der Waals surface area contributed by atoms with Crippen LogP contribution in [-0.4, -0.2) is 41.0 Å². The summed E-state index contributed by atoms with van der Waals surface area (Å²) < 4.78 is 0. The van der Waals surface area contributed by atoms with Crippen molar-refractivity contribution in [2.24, 2.45) is 0 Å². The smallest absolute Gasteiger partial charge is 0.129 e. The fourth-order valence-electron chi connectivity index (χ4n) is 1.69. The molecule has 1 aromatic heterocycles. The summed E-state index contributed by atoms with van der Waals surface area (Å²) in [6.07, 6.45) is 0. The summed E-state index contributed by atoms with van der Waals surface area (Å²) in [5.74, 6) is 1.75. The number of nitrogens with one attached hydrogen (secondary N) is 1. The van der Waals surface area contributed by atoms with Gasteiger partial charge in [-0.05, 0) is 26.9 Å². The van der Waals surface area contributed by atoms with Gasteiger partial charge < -0.3 is 10.2 Å². The normalized spacial score (nSPS) is 10.8. The average molecular weight is 222 g/mol. The number of aryl methyl sites for hydroxylation is 2. The third-order valence-corrected chi connectivity index (χ3v) is 2.59. The van der Waals surface area contributed by atoms with E-state index in [-0.39, 0.29) is 0 Å². The van der Waals surface area contributed by atoms with E-state index in [1.54, 1.807) is 0 Å². The maximum absolute atomic E-state index is 4.34. The Labute approximate surface area is 98.1 Å². The fourth-order valence-corrected chi connectivity index (χ4v) is 1.69. The summed E-state index contributed by atoms with van der Waals surface area (Å²) in [6, 6.07) is 1.98. The Kier molecular flexibility index (Phi) is 5.19. The van der Waals surface area contributed by atoms with Crippen molar-refractivity contribution in [1.29, 1.82) is 0 Å². The molecule has 1 heterocycles. The number of hydrogen-bond acceptors (Lipinski definition) is 4. The first kappa shape index (κ1) is 12.9. The van der Waals surface area contributed by atoms with Crippen LogP contribution in [0.3, 0.4) is 0 Å². The first-order valence-corrected chi connectivity index (χ1v) is 5.94. The average Bonchev–Trinajstić information content (AvgIpc) is 2.23. The maximum atomic E-state index is 4.34. The van der Waals surface area contributed by atoms with Crippen LogP contribution < -0.4 is 5.32 Å². The molecule has 0 radical (unpaired) electrons. The van der Waals surface area contributed by atoms with E-state index in [0.29, 0.717) is 0 Å². The monoisotopic (exact) mass is 222 g/mol. The second-order valence-electron chi connectivity index (χ2n) is 3.90. The predicted octanol–water partition coefficient (Wildman–Crippen LogP) is 1.85. The zero-order valence-electron chi connectivity index (χ0n) is 10.7. The van der Waals surface area contributed by atoms with Gasteiger partial charge in [0.15, 0.2) is 0 Å². The summed E-state index contributed by atoms with van der Waals surface area (Å²) in [6.45, 7) is 12.4. The Bertz CT molecular complexity index is 301. The maximum Gasteiger partial charge on any atom is 0.129 e. The highest BCUT2D eigenvalue weighted by Gasteiger charge is 2.00. The molecule has 0 atom stereocenters. The van der Waals surface area contributed by atoms with Crippen molar-refractivity contribution in [1.82, 2.24) is 14.9 Å². The summed E-state index contributed by atoms with van der Waals surface area (Å²) in [5, 5.41) is 3.33. The molecule has 0 spiro atoms. The van der Waals surface area contributed by atoms with E-state index < -0.39 is 0 Å². The van der Waals surface area contributed by atoms with Gasteiger partial charge in [0.1, 0.15) is 11.6 Å². The highest BCUT2D eigenvalue weighted by molar-refractivity contribution is 5.35. The zero-order chi connectivity index (χ0) is 12.0. The first-order valence-electron chi connectivity index (χ1n) is 5.94. The Balaban J connectivity index is 2.42. The van der Waals surface area contributed by atoms with E-state index in [0.717, 1.165) is 43.5 Å². The van der Waals surface area contributed by atoms with Gasteiger partial charge in [-0.15, -0.1) is 0 Å². The molecule has 0 unspecified atom stereocenters. The van der Waals surface area contributed by atoms with Gasteiger partial charge in [0.25, 0.3) is 0 Å². The standard InChI is InChI=1S/C12H22N4/c1-5-16(6-2)8-7-13-12-9-10(3)14-11(4)15-12/h9H,5-8H2,1-4H3,(H,13,14,15). The van der Waals surface area contributed by atoms with Crippen LogP contribution in [0.2, 0.25) is 0 Å². The van der Waals surface area contributed by atoms with Crippen LogP contribution in [0.1, 0.15) is 25.4 Å². The highest BCUT2D eigenvalue weighted by Crippen LogP contribution is 2.04. The van der Waals surface area contributed by atoms with Crippen LogP contribution in [-0.2, 0) is 0 Å². The van der Waals surface area contributed by atoms with Crippen LogP contribution >= 0.6 is 0 Å². The van der Waals surface area contributed by atoms with Crippen molar-refractivity contribution in [3.8, 4) is 0 Å². The number of likely N-dealkylation sites (N-methyl/N-ethyl adjacent to an activating group) is 1. The molecular weight excluding hydrogens is 200 g/mol. The number of rotatable bonds is 6. The Morgan fingerprint density at radius 1 is 1.19 bits per heavy atom. The molecule has 90 valence electrons. The second-order valence-corrected chi connectivity index (χ2v) is 3.90. The van der Waals surface area contributed by atoms with Crippen LogP contribution in [0.4, 0.5) is 5.82 Å². The lowest BCUT2D eigenvalue weighted by molar-refractivity contribution is 0.316. The lowest BCUT2D eigenvalue weighted by atomic mass is 10.4. The van der Waals surface area contributed by atoms with Crippen molar-refractivity contribution >= 4 is 5.82 Å². The van der Waals surface area contributed by atoms with E-state index in [2.05, 4.69) is 34.0 Å². The van der Waals surface area contributed by atoms with Crippen LogP contribution in [0, 0.1) is 13.8 Å². The molecule has 0 amide bonds. The topological polar surface area (TPSA) is 41.0 Å². The van der Waals surface area contributed by atoms with Gasteiger partial charge in [0.2, 0.25) is 0 Å². The van der Waals surface area contributed by atoms with Gasteiger partial charge in [-0.2, -0.15) is 0 Å². The molecule has 4 nitrogen and oxygen atoms in total. The van der Waals surface area contributed by atoms with Gasteiger partial charge in [-0.25, -0.2) is 9.97 Å². The van der Waals surface area contributed by atoms with Crippen molar-refractivity contribution in [3.05, 3.63) is 17.6 Å². The SMILES string of the molecule is CCN(CC)CCNc1cc(C)nc(C)n1. The third kappa shape index (κ3) is 4.14. The van der Waals surface area contributed by atoms with Crippen molar-refractivity contribution in [2.45, 2.75) is 27.7 Å². The van der Waals surface area contributed by atoms with Gasteiger partial charge in [0, 0.05) is 24.8 Å². The Morgan fingerprint density at radius 3 is 2.44 bits per heavy atom. The first-order chi connectivity index (χ1) is 7.65. The third-order valence-electron chi connectivity index (χ3n) is 2.59. The molecule has 0 saturated carbocycles. The molecule has 0 aliphatic heterocycles. The minimum Gasteiger partial charge on any atom is -0.369 e. The van der Waals surface area contributed by atoms with Crippen molar-refractivity contribution < 1.29 is 0 Å². The second kappa shape index (κ2) is 6.43. The largest absolute Gasteiger partial charge is 0.369 e. The van der Waals surface area contributed by atoms with E-state index in [1.165, 1.54) is 0 Å². The van der Waals surface area contributed by atoms with E-state index in [1.807, 2.05) is 19.9 Å². The van der Waals surface area contributed by atoms with Crippen molar-refractivity contribution in [2.75, 3.05) is 31.5 Å². The molecule has 4 heteroatoms. The summed E-state index contributed by atoms with van der Waals surface area (Å²) in [7, 11) is 0. The summed E-state index contributed by atoms with van der Waals surface area (Å²) in [5.41, 5.74) is 1.01. The molecule has 0 aromatic carbocycles. The number of nitrogens with zero attached hydrogens (tertiary/aromatic N) is 3. The van der Waals surface area contributed by atoms with E-state index >= 15 is 0 Å². The minimum atomic E-state index is 0.824. The quantitative estimate of drug-likeness (QED) is 0.797. The molecule has 1 N–H and O–H groups in total. The van der Waals surface area contributed by atoms with Crippen LogP contribution in [0.25, 0.3) is 0 Å². The van der Waals surface area contributed by atoms with E-state index in [4.69, 9.17) is 0 Å². The highest BCUT2D eigenvalue weighted by atomic mass is 15.1. The molecule has 0 fully saturated rings. The molecule has 16 heavy (non-hydrogen) atoms. The van der Waals surface area contributed by atoms with Crippen LogP contribution in [0.5, 0.6) is 0 Å². The number of hydrogen-bond donors (Lipinski definition) is 1. The predicted molar refractivity (Wildman–Crippen MR) is 67.8 cm³/mol. The molecule has 0 aliphatic carbocycles. The lowest BCUT2D eigenvalue weighted by Gasteiger charge is -2.18. The molecular formula is C12H22N4. The molecule has 0 bridgehead atoms. The van der Waals surface area contributed by atoms with Crippen molar-refractivity contribution in [3.63, 3.8) is 0 Å². The van der Waals surface area contributed by atoms with Gasteiger partial charge in [0.05, 0.1) is 0 Å².